The number of halogens is 1. The molecule has 1 saturated heterocycles. The van der Waals surface area contributed by atoms with Gasteiger partial charge in [-0.25, -0.2) is 12.8 Å². The van der Waals surface area contributed by atoms with Crippen LogP contribution in [-0.4, -0.2) is 43.1 Å². The van der Waals surface area contributed by atoms with Crippen LogP contribution >= 0.6 is 0 Å². The van der Waals surface area contributed by atoms with Crippen molar-refractivity contribution in [3.8, 4) is 17.1 Å². The molecule has 0 radical (unpaired) electrons. The van der Waals surface area contributed by atoms with Crippen LogP contribution < -0.4 is 4.74 Å². The summed E-state index contributed by atoms with van der Waals surface area (Å²) in [5.41, 5.74) is 0.639. The maximum atomic E-state index is 13.1. The monoisotopic (exact) mass is 417 g/mol. The second-order valence-corrected chi connectivity index (χ2v) is 8.78. The third-order valence-corrected chi connectivity index (χ3v) is 6.85. The molecule has 1 atom stereocenters. The minimum atomic E-state index is -3.63. The van der Waals surface area contributed by atoms with Gasteiger partial charge in [0.05, 0.1) is 17.9 Å². The fourth-order valence-electron chi connectivity index (χ4n) is 3.38. The predicted octanol–water partition coefficient (Wildman–Crippen LogP) is 3.45. The molecule has 29 heavy (non-hydrogen) atoms. The van der Waals surface area contributed by atoms with Gasteiger partial charge in [0.15, 0.2) is 0 Å². The van der Waals surface area contributed by atoms with Crippen LogP contribution in [0.4, 0.5) is 4.39 Å². The summed E-state index contributed by atoms with van der Waals surface area (Å²) < 4.78 is 51.0. The van der Waals surface area contributed by atoms with Gasteiger partial charge in [-0.15, -0.1) is 0 Å². The van der Waals surface area contributed by atoms with Gasteiger partial charge in [-0.3, -0.25) is 0 Å². The fourth-order valence-corrected chi connectivity index (χ4v) is 4.90. The van der Waals surface area contributed by atoms with E-state index < -0.39 is 10.0 Å². The average molecular weight is 417 g/mol. The quantitative estimate of drug-likeness (QED) is 0.632. The molecule has 1 aliphatic rings. The first-order valence-corrected chi connectivity index (χ1v) is 10.6. The van der Waals surface area contributed by atoms with Crippen LogP contribution in [0.2, 0.25) is 0 Å². The van der Waals surface area contributed by atoms with E-state index in [1.165, 1.54) is 35.7 Å². The third kappa shape index (κ3) is 4.01. The lowest BCUT2D eigenvalue weighted by molar-refractivity contribution is 0.265. The Morgan fingerprint density at radius 3 is 2.55 bits per heavy atom. The van der Waals surface area contributed by atoms with E-state index in [0.717, 1.165) is 6.42 Å². The lowest BCUT2D eigenvalue weighted by Crippen LogP contribution is -2.39. The van der Waals surface area contributed by atoms with Gasteiger partial charge in [0.1, 0.15) is 11.6 Å². The Hall–Kier alpha value is -2.78. The van der Waals surface area contributed by atoms with Crippen molar-refractivity contribution in [1.29, 1.82) is 0 Å². The zero-order valence-corrected chi connectivity index (χ0v) is 16.6. The summed E-state index contributed by atoms with van der Waals surface area (Å²) in [5, 5.41) is 3.97. The van der Waals surface area contributed by atoms with E-state index in [4.69, 9.17) is 9.26 Å². The van der Waals surface area contributed by atoms with Gasteiger partial charge in [0.25, 0.3) is 0 Å². The number of methoxy groups -OCH3 is 1. The summed E-state index contributed by atoms with van der Waals surface area (Å²) >= 11 is 0. The molecular weight excluding hydrogens is 397 g/mol. The maximum absolute atomic E-state index is 13.1. The van der Waals surface area contributed by atoms with Crippen LogP contribution in [0.1, 0.15) is 24.7 Å². The molecule has 0 amide bonds. The van der Waals surface area contributed by atoms with Gasteiger partial charge < -0.3 is 9.26 Å². The average Bonchev–Trinajstić information content (AvgIpc) is 3.25. The first-order chi connectivity index (χ1) is 14.0. The molecule has 3 aromatic rings. The van der Waals surface area contributed by atoms with Crippen LogP contribution in [0.25, 0.3) is 11.4 Å². The van der Waals surface area contributed by atoms with Crippen molar-refractivity contribution in [1.82, 2.24) is 14.4 Å². The highest BCUT2D eigenvalue weighted by molar-refractivity contribution is 7.89. The maximum Gasteiger partial charge on any atom is 0.243 e. The molecule has 152 valence electrons. The summed E-state index contributed by atoms with van der Waals surface area (Å²) in [7, 11) is -2.10. The number of sulfonamides is 1. The summed E-state index contributed by atoms with van der Waals surface area (Å²) in [6.45, 7) is 0.698. The molecular formula is C20H20FN3O4S. The van der Waals surface area contributed by atoms with Crippen LogP contribution in [0.15, 0.2) is 57.9 Å². The Morgan fingerprint density at radius 2 is 1.86 bits per heavy atom. The van der Waals surface area contributed by atoms with E-state index in [-0.39, 0.29) is 23.2 Å². The summed E-state index contributed by atoms with van der Waals surface area (Å²) in [6, 6.07) is 12.1. The van der Waals surface area contributed by atoms with Gasteiger partial charge in [-0.05, 0) is 61.4 Å². The van der Waals surface area contributed by atoms with Crippen molar-refractivity contribution in [3.05, 3.63) is 60.2 Å². The number of hydrogen-bond acceptors (Lipinski definition) is 6. The highest BCUT2D eigenvalue weighted by Crippen LogP contribution is 2.31. The van der Waals surface area contributed by atoms with E-state index in [9.17, 15) is 12.8 Å². The molecule has 0 aliphatic carbocycles. The summed E-state index contributed by atoms with van der Waals surface area (Å²) in [5.74, 6) is 0.802. The van der Waals surface area contributed by atoms with E-state index in [0.29, 0.717) is 36.0 Å². The molecule has 0 saturated carbocycles. The zero-order chi connectivity index (χ0) is 20.4. The van der Waals surface area contributed by atoms with Crippen molar-refractivity contribution < 1.29 is 22.1 Å². The first-order valence-electron chi connectivity index (χ1n) is 9.21. The molecule has 0 unspecified atom stereocenters. The molecule has 2 heterocycles. The third-order valence-electron chi connectivity index (χ3n) is 4.97. The molecule has 1 aromatic heterocycles. The number of piperidine rings is 1. The van der Waals surface area contributed by atoms with Crippen molar-refractivity contribution in [2.75, 3.05) is 20.2 Å². The lowest BCUT2D eigenvalue weighted by Gasteiger charge is -2.30. The minimum absolute atomic E-state index is 0.196. The SMILES string of the molecule is COc1ccc(S(=O)(=O)N2CCC[C@H](c3nc(-c4ccc(F)cc4)no3)C2)cc1. The number of rotatable bonds is 5. The first kappa shape index (κ1) is 19.5. The Balaban J connectivity index is 1.53. The number of hydrogen-bond donors (Lipinski definition) is 0. The molecule has 0 bridgehead atoms. The second kappa shape index (κ2) is 7.92. The van der Waals surface area contributed by atoms with Crippen molar-refractivity contribution >= 4 is 10.0 Å². The Bertz CT molecular complexity index is 1080. The molecule has 7 nitrogen and oxygen atoms in total. The van der Waals surface area contributed by atoms with Crippen LogP contribution in [0, 0.1) is 5.82 Å². The standard InChI is InChI=1S/C20H20FN3O4S/c1-27-17-8-10-18(11-9-17)29(25,26)24-12-2-3-15(13-24)20-22-19(23-28-20)14-4-6-16(21)7-5-14/h4-11,15H,2-3,12-13H2,1H3/t15-/m0/s1. The second-order valence-electron chi connectivity index (χ2n) is 6.84. The summed E-state index contributed by atoms with van der Waals surface area (Å²) in [6.07, 6.45) is 1.44. The molecule has 1 aliphatic heterocycles. The highest BCUT2D eigenvalue weighted by Gasteiger charge is 2.33. The summed E-state index contributed by atoms with van der Waals surface area (Å²) in [4.78, 5) is 4.63. The zero-order valence-electron chi connectivity index (χ0n) is 15.8. The minimum Gasteiger partial charge on any atom is -0.497 e. The van der Waals surface area contributed by atoms with Gasteiger partial charge >= 0.3 is 0 Å². The molecule has 0 N–H and O–H groups in total. The molecule has 2 aromatic carbocycles. The van der Waals surface area contributed by atoms with Gasteiger partial charge in [-0.2, -0.15) is 9.29 Å². The van der Waals surface area contributed by atoms with E-state index >= 15 is 0 Å². The smallest absolute Gasteiger partial charge is 0.243 e. The molecule has 0 spiro atoms. The fraction of sp³-hybridized carbons (Fsp3) is 0.300. The van der Waals surface area contributed by atoms with Gasteiger partial charge in [0.2, 0.25) is 21.7 Å². The predicted molar refractivity (Wildman–Crippen MR) is 103 cm³/mol. The Labute approximate surface area is 168 Å². The number of benzene rings is 2. The van der Waals surface area contributed by atoms with Crippen molar-refractivity contribution in [2.45, 2.75) is 23.7 Å². The van der Waals surface area contributed by atoms with Gasteiger partial charge in [-0.1, -0.05) is 5.16 Å². The Kier molecular flexibility index (Phi) is 5.33. The van der Waals surface area contributed by atoms with Gasteiger partial charge in [0, 0.05) is 18.7 Å². The van der Waals surface area contributed by atoms with Crippen molar-refractivity contribution in [3.63, 3.8) is 0 Å². The number of ether oxygens (including phenoxy) is 1. The Morgan fingerprint density at radius 1 is 1.14 bits per heavy atom. The number of nitrogens with zero attached hydrogens (tertiary/aromatic N) is 3. The van der Waals surface area contributed by atoms with E-state index in [1.807, 2.05) is 0 Å². The topological polar surface area (TPSA) is 85.5 Å². The lowest BCUT2D eigenvalue weighted by atomic mass is 10.00. The highest BCUT2D eigenvalue weighted by atomic mass is 32.2. The number of aromatic nitrogens is 2. The van der Waals surface area contributed by atoms with Crippen LogP contribution in [-0.2, 0) is 10.0 Å². The van der Waals surface area contributed by atoms with E-state index in [2.05, 4.69) is 10.1 Å². The van der Waals surface area contributed by atoms with Crippen LogP contribution in [0.5, 0.6) is 5.75 Å². The molecule has 4 rings (SSSR count). The largest absolute Gasteiger partial charge is 0.497 e. The van der Waals surface area contributed by atoms with Crippen molar-refractivity contribution in [2.24, 2.45) is 0 Å². The molecule has 9 heteroatoms. The van der Waals surface area contributed by atoms with E-state index in [1.54, 1.807) is 24.3 Å². The molecule has 1 fully saturated rings. The normalized spacial score (nSPS) is 17.9. The van der Waals surface area contributed by atoms with Crippen LogP contribution in [0.3, 0.4) is 0 Å².